The van der Waals surface area contributed by atoms with Crippen molar-refractivity contribution in [3.05, 3.63) is 65.2 Å². The van der Waals surface area contributed by atoms with E-state index in [1.807, 2.05) is 41.1 Å². The number of hydrogen-bond donors (Lipinski definition) is 0. The molecule has 0 unspecified atom stereocenters. The Morgan fingerprint density at radius 2 is 1.89 bits per heavy atom. The van der Waals surface area contributed by atoms with E-state index in [9.17, 15) is 4.79 Å². The molecule has 0 spiro atoms. The number of benzene rings is 1. The molecule has 1 amide bonds. The highest BCUT2D eigenvalue weighted by atomic mass is 32.1. The van der Waals surface area contributed by atoms with Gasteiger partial charge in [0.15, 0.2) is 5.65 Å². The van der Waals surface area contributed by atoms with Crippen LogP contribution in [0.1, 0.15) is 35.1 Å². The number of fused-ring (bicyclic) bond motifs is 1. The predicted molar refractivity (Wildman–Crippen MR) is 115 cm³/mol. The van der Waals surface area contributed by atoms with E-state index in [1.165, 1.54) is 4.88 Å². The molecule has 0 radical (unpaired) electrons. The summed E-state index contributed by atoms with van der Waals surface area (Å²) in [6.45, 7) is 6.20. The summed E-state index contributed by atoms with van der Waals surface area (Å²) in [7, 11) is 1.80. The smallest absolute Gasteiger partial charge is 0.258 e. The van der Waals surface area contributed by atoms with E-state index in [-0.39, 0.29) is 11.9 Å². The van der Waals surface area contributed by atoms with Gasteiger partial charge in [-0.2, -0.15) is 5.10 Å². The first-order valence-electron chi connectivity index (χ1n) is 9.24. The van der Waals surface area contributed by atoms with Crippen LogP contribution in [0.5, 0.6) is 0 Å². The zero-order valence-electron chi connectivity index (χ0n) is 16.4. The van der Waals surface area contributed by atoms with Gasteiger partial charge in [0.05, 0.1) is 27.7 Å². The van der Waals surface area contributed by atoms with Crippen molar-refractivity contribution in [3.63, 3.8) is 0 Å². The second-order valence-corrected chi connectivity index (χ2v) is 8.37. The zero-order valence-corrected chi connectivity index (χ0v) is 17.2. The van der Waals surface area contributed by atoms with E-state index < -0.39 is 0 Å². The van der Waals surface area contributed by atoms with E-state index in [1.54, 1.807) is 29.5 Å². The van der Waals surface area contributed by atoms with E-state index in [2.05, 4.69) is 38.0 Å². The van der Waals surface area contributed by atoms with Gasteiger partial charge >= 0.3 is 0 Å². The molecule has 0 fully saturated rings. The molecule has 0 aliphatic heterocycles. The second-order valence-electron chi connectivity index (χ2n) is 7.09. The van der Waals surface area contributed by atoms with Gasteiger partial charge in [0.1, 0.15) is 0 Å². The minimum absolute atomic E-state index is 0.0727. The average Bonchev–Trinajstić information content (AvgIpc) is 3.33. The van der Waals surface area contributed by atoms with Crippen molar-refractivity contribution in [2.75, 3.05) is 11.9 Å². The van der Waals surface area contributed by atoms with Crippen molar-refractivity contribution < 1.29 is 4.79 Å². The molecule has 0 bridgehead atoms. The number of aromatic nitrogens is 3. The fraction of sp³-hybridized carbons (Fsp3) is 0.227. The first kappa shape index (κ1) is 18.4. The molecule has 5 nitrogen and oxygen atoms in total. The van der Waals surface area contributed by atoms with E-state index in [0.717, 1.165) is 27.3 Å². The van der Waals surface area contributed by atoms with Gasteiger partial charge in [0, 0.05) is 23.7 Å². The van der Waals surface area contributed by atoms with Crippen molar-refractivity contribution in [1.82, 2.24) is 14.8 Å². The van der Waals surface area contributed by atoms with Crippen molar-refractivity contribution in [1.29, 1.82) is 0 Å². The topological polar surface area (TPSA) is 51.0 Å². The number of aryl methyl sites for hydroxylation is 1. The Hall–Kier alpha value is -2.99. The molecule has 0 N–H and O–H groups in total. The van der Waals surface area contributed by atoms with E-state index in [4.69, 9.17) is 4.98 Å². The average molecular weight is 391 g/mol. The number of amides is 1. The van der Waals surface area contributed by atoms with Gasteiger partial charge in [-0.1, -0.05) is 18.2 Å². The van der Waals surface area contributed by atoms with Gasteiger partial charge in [0.2, 0.25) is 0 Å². The number of carbonyl (C=O) groups excluding carboxylic acids is 1. The molecule has 1 aromatic carbocycles. The van der Waals surface area contributed by atoms with Gasteiger partial charge < -0.3 is 4.90 Å². The molecule has 0 saturated heterocycles. The van der Waals surface area contributed by atoms with Gasteiger partial charge in [-0.15, -0.1) is 11.3 Å². The molecule has 0 aliphatic carbocycles. The highest BCUT2D eigenvalue weighted by Gasteiger charge is 2.22. The number of pyridine rings is 1. The van der Waals surface area contributed by atoms with Gasteiger partial charge in [-0.25, -0.2) is 9.67 Å². The summed E-state index contributed by atoms with van der Waals surface area (Å²) in [5.41, 5.74) is 3.01. The van der Waals surface area contributed by atoms with Crippen LogP contribution in [0.4, 0.5) is 5.69 Å². The minimum Gasteiger partial charge on any atom is -0.311 e. The van der Waals surface area contributed by atoms with Crippen molar-refractivity contribution in [3.8, 4) is 10.6 Å². The second kappa shape index (κ2) is 7.20. The lowest BCUT2D eigenvalue weighted by molar-refractivity contribution is 0.0994. The molecule has 4 aromatic rings. The highest BCUT2D eigenvalue weighted by molar-refractivity contribution is 7.15. The number of carbonyl (C=O) groups is 1. The number of rotatable bonds is 4. The normalized spacial score (nSPS) is 11.3. The number of para-hydroxylation sites is 1. The number of nitrogens with zero attached hydrogens (tertiary/aromatic N) is 4. The number of thiophene rings is 1. The van der Waals surface area contributed by atoms with Gasteiger partial charge in [0.25, 0.3) is 5.91 Å². The SMILES string of the molecule is Cc1ccc(-c2cc(C(=O)N(C)c3ccccc3)c3cnn(C(C)C)c3n2)s1. The Balaban J connectivity index is 1.90. The standard InChI is InChI=1S/C22H22N4OS/c1-14(2)26-21-18(13-23-26)17(12-19(24-21)20-11-10-15(3)28-20)22(27)25(4)16-8-6-5-7-9-16/h5-14H,1-4H3. The maximum absolute atomic E-state index is 13.4. The third-order valence-corrected chi connectivity index (χ3v) is 5.75. The van der Waals surface area contributed by atoms with Crippen LogP contribution < -0.4 is 4.90 Å². The summed E-state index contributed by atoms with van der Waals surface area (Å²) in [5, 5.41) is 5.27. The largest absolute Gasteiger partial charge is 0.311 e. The van der Waals surface area contributed by atoms with Crippen molar-refractivity contribution in [2.24, 2.45) is 0 Å². The van der Waals surface area contributed by atoms with Crippen LogP contribution in [0.2, 0.25) is 0 Å². The molecular weight excluding hydrogens is 368 g/mol. The first-order valence-corrected chi connectivity index (χ1v) is 10.1. The summed E-state index contributed by atoms with van der Waals surface area (Å²) in [5.74, 6) is -0.0727. The number of hydrogen-bond acceptors (Lipinski definition) is 4. The predicted octanol–water partition coefficient (Wildman–Crippen LogP) is 5.33. The summed E-state index contributed by atoms with van der Waals surface area (Å²) in [4.78, 5) is 22.2. The van der Waals surface area contributed by atoms with Crippen LogP contribution >= 0.6 is 11.3 Å². The quantitative estimate of drug-likeness (QED) is 0.473. The molecule has 0 saturated carbocycles. The molecule has 28 heavy (non-hydrogen) atoms. The first-order chi connectivity index (χ1) is 13.5. The lowest BCUT2D eigenvalue weighted by Crippen LogP contribution is -2.26. The van der Waals surface area contributed by atoms with Crippen LogP contribution in [0.25, 0.3) is 21.6 Å². The van der Waals surface area contributed by atoms with Crippen LogP contribution in [0, 0.1) is 6.92 Å². The molecule has 0 aliphatic rings. The van der Waals surface area contributed by atoms with Gasteiger partial charge in [-0.3, -0.25) is 4.79 Å². The molecule has 0 atom stereocenters. The third kappa shape index (κ3) is 3.20. The highest BCUT2D eigenvalue weighted by Crippen LogP contribution is 2.31. The molecule has 4 rings (SSSR count). The van der Waals surface area contributed by atoms with Crippen LogP contribution in [-0.2, 0) is 0 Å². The summed E-state index contributed by atoms with van der Waals surface area (Å²) in [6.07, 6.45) is 1.75. The van der Waals surface area contributed by atoms with Gasteiger partial charge in [-0.05, 0) is 51.1 Å². The summed E-state index contributed by atoms with van der Waals surface area (Å²) in [6, 6.07) is 15.8. The van der Waals surface area contributed by atoms with Crippen LogP contribution in [0.15, 0.2) is 54.7 Å². The Bertz CT molecular complexity index is 1140. The lowest BCUT2D eigenvalue weighted by atomic mass is 10.1. The maximum atomic E-state index is 13.4. The van der Waals surface area contributed by atoms with Crippen LogP contribution in [-0.4, -0.2) is 27.7 Å². The maximum Gasteiger partial charge on any atom is 0.258 e. The number of anilines is 1. The lowest BCUT2D eigenvalue weighted by Gasteiger charge is -2.18. The van der Waals surface area contributed by atoms with Crippen molar-refractivity contribution in [2.45, 2.75) is 26.8 Å². The van der Waals surface area contributed by atoms with Crippen LogP contribution in [0.3, 0.4) is 0 Å². The zero-order chi connectivity index (χ0) is 19.8. The molecule has 3 aromatic heterocycles. The molecule has 142 valence electrons. The minimum atomic E-state index is -0.0727. The summed E-state index contributed by atoms with van der Waals surface area (Å²) >= 11 is 1.67. The monoisotopic (exact) mass is 390 g/mol. The Kier molecular flexibility index (Phi) is 4.73. The Labute approximate surface area is 168 Å². The Morgan fingerprint density at radius 3 is 2.54 bits per heavy atom. The van der Waals surface area contributed by atoms with E-state index >= 15 is 0 Å². The molecule has 3 heterocycles. The third-order valence-electron chi connectivity index (χ3n) is 4.73. The fourth-order valence-electron chi connectivity index (χ4n) is 3.22. The summed E-state index contributed by atoms with van der Waals surface area (Å²) < 4.78 is 1.87. The Morgan fingerprint density at radius 1 is 1.14 bits per heavy atom. The fourth-order valence-corrected chi connectivity index (χ4v) is 4.05. The van der Waals surface area contributed by atoms with E-state index in [0.29, 0.717) is 5.56 Å². The molecular formula is C22H22N4OS. The molecule has 6 heteroatoms. The van der Waals surface area contributed by atoms with Crippen molar-refractivity contribution >= 4 is 34.0 Å².